The van der Waals surface area contributed by atoms with Crippen molar-refractivity contribution in [2.24, 2.45) is 0 Å². The second-order valence-corrected chi connectivity index (χ2v) is 6.14. The Hall–Kier alpha value is -1.46. The van der Waals surface area contributed by atoms with Gasteiger partial charge in [0.1, 0.15) is 10.8 Å². The van der Waals surface area contributed by atoms with Gasteiger partial charge < -0.3 is 10.2 Å². The summed E-state index contributed by atoms with van der Waals surface area (Å²) in [4.78, 5) is 6.49. The molecule has 3 rings (SSSR count). The van der Waals surface area contributed by atoms with Crippen LogP contribution in [0.25, 0.3) is 0 Å². The van der Waals surface area contributed by atoms with Crippen molar-refractivity contribution in [1.82, 2.24) is 10.3 Å². The van der Waals surface area contributed by atoms with Gasteiger partial charge in [0, 0.05) is 25.0 Å². The van der Waals surface area contributed by atoms with Crippen molar-refractivity contribution in [2.75, 3.05) is 11.9 Å². The normalized spacial score (nSPS) is 14.5. The fraction of sp³-hybridized carbons (Fsp3) is 0.400. The predicted molar refractivity (Wildman–Crippen MR) is 80.5 cm³/mol. The van der Waals surface area contributed by atoms with E-state index in [1.54, 1.807) is 23.5 Å². The van der Waals surface area contributed by atoms with Gasteiger partial charge in [-0.2, -0.15) is 0 Å². The topological polar surface area (TPSA) is 28.2 Å². The van der Waals surface area contributed by atoms with Crippen LogP contribution < -0.4 is 10.2 Å². The van der Waals surface area contributed by atoms with E-state index in [1.807, 2.05) is 18.0 Å². The summed E-state index contributed by atoms with van der Waals surface area (Å²) in [6, 6.07) is 7.52. The lowest BCUT2D eigenvalue weighted by atomic mass is 10.3. The Labute approximate surface area is 122 Å². The van der Waals surface area contributed by atoms with Crippen LogP contribution in [0.5, 0.6) is 0 Å². The highest BCUT2D eigenvalue weighted by Crippen LogP contribution is 2.22. The van der Waals surface area contributed by atoms with Crippen LogP contribution in [0.3, 0.4) is 0 Å². The van der Waals surface area contributed by atoms with E-state index in [9.17, 15) is 4.39 Å². The number of hydrogen-bond donors (Lipinski definition) is 1. The third kappa shape index (κ3) is 3.35. The summed E-state index contributed by atoms with van der Waals surface area (Å²) in [5.41, 5.74) is 1.60. The summed E-state index contributed by atoms with van der Waals surface area (Å²) in [5, 5.41) is 6.62. The Morgan fingerprint density at radius 3 is 2.95 bits per heavy atom. The van der Waals surface area contributed by atoms with Gasteiger partial charge in [-0.25, -0.2) is 9.37 Å². The highest BCUT2D eigenvalue weighted by molar-refractivity contribution is 7.09. The second-order valence-electron chi connectivity index (χ2n) is 5.20. The molecule has 0 saturated heterocycles. The van der Waals surface area contributed by atoms with Gasteiger partial charge in [0.15, 0.2) is 0 Å². The zero-order valence-corrected chi connectivity index (χ0v) is 12.3. The summed E-state index contributed by atoms with van der Waals surface area (Å²) >= 11 is 1.67. The van der Waals surface area contributed by atoms with Gasteiger partial charge in [-0.05, 0) is 25.0 Å². The zero-order valence-electron chi connectivity index (χ0n) is 11.5. The number of aromatic nitrogens is 1. The molecule has 5 heteroatoms. The number of benzene rings is 1. The van der Waals surface area contributed by atoms with Crippen molar-refractivity contribution in [3.05, 3.63) is 46.2 Å². The minimum atomic E-state index is -0.194. The average molecular weight is 291 g/mol. The molecule has 1 aromatic heterocycles. The molecule has 1 aromatic carbocycles. The lowest BCUT2D eigenvalue weighted by molar-refractivity contribution is 0.621. The lowest BCUT2D eigenvalue weighted by Crippen LogP contribution is -2.18. The van der Waals surface area contributed by atoms with Gasteiger partial charge in [-0.15, -0.1) is 11.3 Å². The molecule has 1 aliphatic rings. The fourth-order valence-electron chi connectivity index (χ4n) is 2.11. The molecule has 0 radical (unpaired) electrons. The first-order valence-electron chi connectivity index (χ1n) is 6.84. The van der Waals surface area contributed by atoms with Gasteiger partial charge in [-0.3, -0.25) is 0 Å². The van der Waals surface area contributed by atoms with Gasteiger partial charge in [0.2, 0.25) is 0 Å². The van der Waals surface area contributed by atoms with Crippen LogP contribution in [0.15, 0.2) is 29.6 Å². The minimum Gasteiger partial charge on any atom is -0.366 e. The second kappa shape index (κ2) is 5.89. The molecule has 20 heavy (non-hydrogen) atoms. The number of rotatable bonds is 6. The number of nitrogens with zero attached hydrogens (tertiary/aromatic N) is 2. The molecule has 1 N–H and O–H groups in total. The molecule has 0 aliphatic heterocycles. The van der Waals surface area contributed by atoms with Crippen LogP contribution >= 0.6 is 11.3 Å². The molecule has 0 amide bonds. The van der Waals surface area contributed by atoms with E-state index in [0.29, 0.717) is 18.3 Å². The maximum absolute atomic E-state index is 13.7. The van der Waals surface area contributed by atoms with E-state index in [-0.39, 0.29) is 5.82 Å². The predicted octanol–water partition coefficient (Wildman–Crippen LogP) is 3.17. The highest BCUT2D eigenvalue weighted by Gasteiger charge is 2.20. The van der Waals surface area contributed by atoms with Crippen molar-refractivity contribution >= 4 is 17.0 Å². The van der Waals surface area contributed by atoms with Crippen LogP contribution in [0.2, 0.25) is 0 Å². The minimum absolute atomic E-state index is 0.194. The number of thiazole rings is 1. The van der Waals surface area contributed by atoms with Crippen LogP contribution in [-0.4, -0.2) is 18.1 Å². The van der Waals surface area contributed by atoms with Crippen LogP contribution in [0.1, 0.15) is 23.5 Å². The van der Waals surface area contributed by atoms with Crippen molar-refractivity contribution in [2.45, 2.75) is 32.0 Å². The van der Waals surface area contributed by atoms with Crippen LogP contribution in [0.4, 0.5) is 10.1 Å². The van der Waals surface area contributed by atoms with Gasteiger partial charge >= 0.3 is 0 Å². The number of nitrogens with one attached hydrogen (secondary N) is 1. The third-order valence-electron chi connectivity index (χ3n) is 3.38. The molecule has 3 nitrogen and oxygen atoms in total. The molecule has 1 aliphatic carbocycles. The smallest absolute Gasteiger partial charge is 0.146 e. The third-order valence-corrected chi connectivity index (χ3v) is 4.28. The standard InChI is InChI=1S/C15H18FN3S/c1-19(14-5-3-2-4-13(14)16)9-12-10-20-15(18-12)8-17-11-6-7-11/h2-5,10-11,17H,6-9H2,1H3. The molecular weight excluding hydrogens is 273 g/mol. The van der Waals surface area contributed by atoms with Gasteiger partial charge in [0.05, 0.1) is 17.9 Å². The summed E-state index contributed by atoms with van der Waals surface area (Å²) in [5.74, 6) is -0.194. The van der Waals surface area contributed by atoms with E-state index in [4.69, 9.17) is 0 Å². The van der Waals surface area contributed by atoms with E-state index in [1.165, 1.54) is 18.9 Å². The van der Waals surface area contributed by atoms with Crippen molar-refractivity contribution in [3.63, 3.8) is 0 Å². The Morgan fingerprint density at radius 1 is 1.40 bits per heavy atom. The SMILES string of the molecule is CN(Cc1csc(CNC2CC2)n1)c1ccccc1F. The van der Waals surface area contributed by atoms with Crippen LogP contribution in [0, 0.1) is 5.82 Å². The Morgan fingerprint density at radius 2 is 2.20 bits per heavy atom. The largest absolute Gasteiger partial charge is 0.366 e. The molecule has 0 bridgehead atoms. The summed E-state index contributed by atoms with van der Waals surface area (Å²) in [7, 11) is 1.89. The van der Waals surface area contributed by atoms with E-state index < -0.39 is 0 Å². The number of para-hydroxylation sites is 1. The van der Waals surface area contributed by atoms with Crippen LogP contribution in [-0.2, 0) is 13.1 Å². The first-order chi connectivity index (χ1) is 9.72. The average Bonchev–Trinajstić information content (AvgIpc) is 3.17. The van der Waals surface area contributed by atoms with E-state index in [0.717, 1.165) is 17.2 Å². The molecule has 106 valence electrons. The first kappa shape index (κ1) is 13.5. The summed E-state index contributed by atoms with van der Waals surface area (Å²) in [6.45, 7) is 1.47. The molecular formula is C15H18FN3S. The van der Waals surface area contributed by atoms with Gasteiger partial charge in [-0.1, -0.05) is 12.1 Å². The Kier molecular flexibility index (Phi) is 3.98. The number of anilines is 1. The zero-order chi connectivity index (χ0) is 13.9. The van der Waals surface area contributed by atoms with E-state index in [2.05, 4.69) is 15.7 Å². The highest BCUT2D eigenvalue weighted by atomic mass is 32.1. The number of hydrogen-bond acceptors (Lipinski definition) is 4. The summed E-state index contributed by atoms with van der Waals surface area (Å²) in [6.07, 6.45) is 2.57. The Balaban J connectivity index is 1.60. The maximum Gasteiger partial charge on any atom is 0.146 e. The fourth-order valence-corrected chi connectivity index (χ4v) is 2.85. The molecule has 1 fully saturated rings. The quantitative estimate of drug-likeness (QED) is 0.886. The Bertz CT molecular complexity index is 580. The van der Waals surface area contributed by atoms with E-state index >= 15 is 0 Å². The van der Waals surface area contributed by atoms with Crippen molar-refractivity contribution in [1.29, 1.82) is 0 Å². The number of halogens is 1. The molecule has 2 aromatic rings. The first-order valence-corrected chi connectivity index (χ1v) is 7.72. The molecule has 1 saturated carbocycles. The van der Waals surface area contributed by atoms with Gasteiger partial charge in [0.25, 0.3) is 0 Å². The maximum atomic E-state index is 13.7. The molecule has 0 unspecified atom stereocenters. The van der Waals surface area contributed by atoms with Crippen molar-refractivity contribution < 1.29 is 4.39 Å². The summed E-state index contributed by atoms with van der Waals surface area (Å²) < 4.78 is 13.7. The molecule has 1 heterocycles. The lowest BCUT2D eigenvalue weighted by Gasteiger charge is -2.18. The monoisotopic (exact) mass is 291 g/mol. The molecule has 0 atom stereocenters. The van der Waals surface area contributed by atoms with Crippen molar-refractivity contribution in [3.8, 4) is 0 Å². The molecule has 0 spiro atoms.